The second-order valence-corrected chi connectivity index (χ2v) is 5.95. The monoisotopic (exact) mass is 264 g/mol. The molecular weight excluding hydrogens is 240 g/mol. The lowest BCUT2D eigenvalue weighted by Crippen LogP contribution is -2.46. The molecule has 106 valence electrons. The van der Waals surface area contributed by atoms with Crippen molar-refractivity contribution in [2.75, 3.05) is 13.2 Å². The van der Waals surface area contributed by atoms with Gasteiger partial charge in [-0.3, -0.25) is 4.90 Å². The van der Waals surface area contributed by atoms with Gasteiger partial charge >= 0.3 is 0 Å². The largest absolute Gasteiger partial charge is 0.468 e. The van der Waals surface area contributed by atoms with Gasteiger partial charge in [0.05, 0.1) is 25.5 Å². The number of furan rings is 1. The van der Waals surface area contributed by atoms with Crippen LogP contribution >= 0.6 is 0 Å². The molecule has 4 heteroatoms. The summed E-state index contributed by atoms with van der Waals surface area (Å²) in [6.45, 7) is 7.98. The van der Waals surface area contributed by atoms with Crippen molar-refractivity contribution >= 4 is 0 Å². The van der Waals surface area contributed by atoms with Crippen molar-refractivity contribution in [3.63, 3.8) is 0 Å². The predicted octanol–water partition coefficient (Wildman–Crippen LogP) is 2.14. The van der Waals surface area contributed by atoms with Crippen LogP contribution < -0.4 is 5.32 Å². The maximum atomic E-state index is 5.68. The van der Waals surface area contributed by atoms with Crippen LogP contribution in [0.3, 0.4) is 0 Å². The first-order valence-corrected chi connectivity index (χ1v) is 7.36. The molecule has 19 heavy (non-hydrogen) atoms. The highest BCUT2D eigenvalue weighted by Gasteiger charge is 2.25. The Balaban J connectivity index is 1.59. The van der Waals surface area contributed by atoms with Gasteiger partial charge in [0, 0.05) is 30.7 Å². The van der Waals surface area contributed by atoms with Crippen LogP contribution in [-0.4, -0.2) is 36.2 Å². The summed E-state index contributed by atoms with van der Waals surface area (Å²) >= 11 is 0. The number of nitrogens with zero attached hydrogens (tertiary/aromatic N) is 1. The van der Waals surface area contributed by atoms with Crippen LogP contribution in [0.15, 0.2) is 16.7 Å². The molecule has 2 heterocycles. The van der Waals surface area contributed by atoms with Crippen molar-refractivity contribution in [1.29, 1.82) is 0 Å². The van der Waals surface area contributed by atoms with Crippen LogP contribution in [0, 0.1) is 0 Å². The highest BCUT2D eigenvalue weighted by atomic mass is 16.5. The van der Waals surface area contributed by atoms with E-state index < -0.39 is 0 Å². The lowest BCUT2D eigenvalue weighted by atomic mass is 10.1. The molecule has 2 unspecified atom stereocenters. The fraction of sp³-hybridized carbons (Fsp3) is 0.733. The van der Waals surface area contributed by atoms with Crippen molar-refractivity contribution < 1.29 is 9.15 Å². The van der Waals surface area contributed by atoms with Crippen molar-refractivity contribution in [3.05, 3.63) is 23.7 Å². The molecule has 2 fully saturated rings. The third-order valence-electron chi connectivity index (χ3n) is 4.08. The Morgan fingerprint density at radius 1 is 1.37 bits per heavy atom. The summed E-state index contributed by atoms with van der Waals surface area (Å²) in [5.41, 5.74) is 1.30. The fourth-order valence-electron chi connectivity index (χ4n) is 2.58. The van der Waals surface area contributed by atoms with E-state index in [2.05, 4.69) is 30.1 Å². The van der Waals surface area contributed by atoms with E-state index in [4.69, 9.17) is 9.15 Å². The molecule has 0 bridgehead atoms. The lowest BCUT2D eigenvalue weighted by molar-refractivity contribution is -0.0546. The van der Waals surface area contributed by atoms with Crippen molar-refractivity contribution in [1.82, 2.24) is 10.2 Å². The summed E-state index contributed by atoms with van der Waals surface area (Å²) in [7, 11) is 0. The molecule has 1 saturated carbocycles. The van der Waals surface area contributed by atoms with E-state index in [9.17, 15) is 0 Å². The van der Waals surface area contributed by atoms with Crippen LogP contribution in [0.2, 0.25) is 0 Å². The second kappa shape index (κ2) is 5.65. The summed E-state index contributed by atoms with van der Waals surface area (Å²) in [6.07, 6.45) is 4.78. The minimum Gasteiger partial charge on any atom is -0.468 e. The molecule has 1 aliphatic heterocycles. The molecule has 0 amide bonds. The maximum absolute atomic E-state index is 5.68. The van der Waals surface area contributed by atoms with E-state index in [1.807, 2.05) is 6.26 Å². The molecule has 1 aromatic heterocycles. The van der Waals surface area contributed by atoms with E-state index in [-0.39, 0.29) is 0 Å². The zero-order valence-electron chi connectivity index (χ0n) is 11.9. The molecular formula is C15H24N2O2. The van der Waals surface area contributed by atoms with Gasteiger partial charge in [0.15, 0.2) is 0 Å². The summed E-state index contributed by atoms with van der Waals surface area (Å²) in [4.78, 5) is 2.45. The number of hydrogen-bond donors (Lipinski definition) is 1. The summed E-state index contributed by atoms with van der Waals surface area (Å²) < 4.78 is 11.4. The smallest absolute Gasteiger partial charge is 0.122 e. The molecule has 0 radical (unpaired) electrons. The van der Waals surface area contributed by atoms with Crippen LogP contribution in [-0.2, 0) is 17.8 Å². The van der Waals surface area contributed by atoms with Gasteiger partial charge in [-0.15, -0.1) is 0 Å². The van der Waals surface area contributed by atoms with Gasteiger partial charge in [0.25, 0.3) is 0 Å². The number of ether oxygens (including phenoxy) is 1. The lowest BCUT2D eigenvalue weighted by Gasteiger charge is -2.36. The van der Waals surface area contributed by atoms with Gasteiger partial charge in [0.1, 0.15) is 5.76 Å². The van der Waals surface area contributed by atoms with Crippen LogP contribution in [0.4, 0.5) is 0 Å². The molecule has 0 spiro atoms. The zero-order chi connectivity index (χ0) is 13.2. The minimum absolute atomic E-state index is 0.319. The number of rotatable bonds is 5. The molecule has 1 saturated heterocycles. The average molecular weight is 264 g/mol. The Bertz CT molecular complexity index is 414. The average Bonchev–Trinajstić information content (AvgIpc) is 3.12. The van der Waals surface area contributed by atoms with Crippen LogP contribution in [0.1, 0.15) is 38.0 Å². The predicted molar refractivity (Wildman–Crippen MR) is 73.9 cm³/mol. The van der Waals surface area contributed by atoms with Gasteiger partial charge in [-0.05, 0) is 32.8 Å². The molecule has 2 atom stereocenters. The van der Waals surface area contributed by atoms with Crippen LogP contribution in [0.5, 0.6) is 0 Å². The Morgan fingerprint density at radius 3 is 3.00 bits per heavy atom. The third-order valence-corrected chi connectivity index (χ3v) is 4.08. The molecule has 4 nitrogen and oxygen atoms in total. The fourth-order valence-corrected chi connectivity index (χ4v) is 2.58. The summed E-state index contributed by atoms with van der Waals surface area (Å²) in [5, 5.41) is 3.55. The van der Waals surface area contributed by atoms with Gasteiger partial charge in [-0.1, -0.05) is 0 Å². The molecule has 3 rings (SSSR count). The van der Waals surface area contributed by atoms with Crippen LogP contribution in [0.25, 0.3) is 0 Å². The first-order valence-electron chi connectivity index (χ1n) is 7.36. The second-order valence-electron chi connectivity index (χ2n) is 5.95. The van der Waals surface area contributed by atoms with E-state index in [1.165, 1.54) is 18.4 Å². The van der Waals surface area contributed by atoms with Gasteiger partial charge < -0.3 is 14.5 Å². The van der Waals surface area contributed by atoms with Crippen molar-refractivity contribution in [2.24, 2.45) is 0 Å². The van der Waals surface area contributed by atoms with Gasteiger partial charge in [-0.25, -0.2) is 0 Å². The van der Waals surface area contributed by atoms with E-state index >= 15 is 0 Å². The van der Waals surface area contributed by atoms with Crippen molar-refractivity contribution in [2.45, 2.75) is 58.0 Å². The number of hydrogen-bond acceptors (Lipinski definition) is 4. The highest BCUT2D eigenvalue weighted by molar-refractivity contribution is 5.17. The maximum Gasteiger partial charge on any atom is 0.122 e. The number of nitrogens with one attached hydrogen (secondary N) is 1. The topological polar surface area (TPSA) is 37.6 Å². The van der Waals surface area contributed by atoms with E-state index in [0.29, 0.717) is 12.1 Å². The SMILES string of the molecule is CC1CN(Cc2occc2CNC2CC2)C(C)CO1. The van der Waals surface area contributed by atoms with E-state index in [0.717, 1.165) is 38.0 Å². The third kappa shape index (κ3) is 3.38. The molecule has 1 aliphatic carbocycles. The molecule has 1 N–H and O–H groups in total. The summed E-state index contributed by atoms with van der Waals surface area (Å²) in [6, 6.07) is 3.30. The molecule has 2 aliphatic rings. The van der Waals surface area contributed by atoms with Gasteiger partial charge in [-0.2, -0.15) is 0 Å². The normalized spacial score (nSPS) is 28.7. The molecule has 0 aromatic carbocycles. The van der Waals surface area contributed by atoms with Crippen molar-refractivity contribution in [3.8, 4) is 0 Å². The Morgan fingerprint density at radius 2 is 2.21 bits per heavy atom. The summed E-state index contributed by atoms with van der Waals surface area (Å²) in [5.74, 6) is 1.11. The zero-order valence-corrected chi connectivity index (χ0v) is 11.9. The number of morpholine rings is 1. The molecule has 1 aromatic rings. The first-order chi connectivity index (χ1) is 9.22. The Labute approximate surface area is 115 Å². The highest BCUT2D eigenvalue weighted by Crippen LogP contribution is 2.22. The standard InChI is InChI=1S/C15H24N2O2/c1-11-10-19-12(2)8-17(11)9-15-13(5-6-18-15)7-16-14-3-4-14/h5-6,11-12,14,16H,3-4,7-10H2,1-2H3. The Kier molecular flexibility index (Phi) is 3.91. The Hall–Kier alpha value is -0.840. The quantitative estimate of drug-likeness (QED) is 0.884. The van der Waals surface area contributed by atoms with E-state index in [1.54, 1.807) is 0 Å². The van der Waals surface area contributed by atoms with Gasteiger partial charge in [0.2, 0.25) is 0 Å². The first kappa shape index (κ1) is 13.2. The minimum atomic E-state index is 0.319.